The number of hydrogen-bond acceptors (Lipinski definition) is 7. The van der Waals surface area contributed by atoms with E-state index in [2.05, 4.69) is 87.8 Å². The quantitative estimate of drug-likeness (QED) is 0.220. The molecule has 0 saturated carbocycles. The number of nitrogens with zero attached hydrogens (tertiary/aromatic N) is 4. The standard InChI is InChI=1S/C32H32N4O3S/c1-24(37)40-29-18-19-35(21-25(29)20-30-33-23-36(34-30)22-31(38)39-2)32(26-12-6-3-7-13-26,27-14-8-4-9-15-27)28-16-10-5-11-17-28/h3-17,20,23,29H,18-19,21-22H2,1-2H3/b25-20-. The van der Waals surface area contributed by atoms with Crippen molar-refractivity contribution in [1.82, 2.24) is 19.7 Å². The Morgan fingerprint density at radius 2 is 1.50 bits per heavy atom. The van der Waals surface area contributed by atoms with Crippen molar-refractivity contribution in [3.63, 3.8) is 0 Å². The van der Waals surface area contributed by atoms with E-state index in [0.29, 0.717) is 12.4 Å². The molecule has 0 radical (unpaired) electrons. The van der Waals surface area contributed by atoms with Crippen LogP contribution in [0.5, 0.6) is 0 Å². The van der Waals surface area contributed by atoms with Gasteiger partial charge >= 0.3 is 5.97 Å². The minimum atomic E-state index is -0.563. The van der Waals surface area contributed by atoms with Crippen molar-refractivity contribution in [1.29, 1.82) is 0 Å². The van der Waals surface area contributed by atoms with Gasteiger partial charge in [0.1, 0.15) is 12.9 Å². The highest BCUT2D eigenvalue weighted by Gasteiger charge is 2.44. The third-order valence-electron chi connectivity index (χ3n) is 7.19. The topological polar surface area (TPSA) is 77.3 Å². The lowest BCUT2D eigenvalue weighted by molar-refractivity contribution is -0.141. The average molecular weight is 553 g/mol. The second-order valence-electron chi connectivity index (χ2n) is 9.71. The van der Waals surface area contributed by atoms with Crippen LogP contribution >= 0.6 is 11.8 Å². The highest BCUT2D eigenvalue weighted by atomic mass is 32.2. The maximum Gasteiger partial charge on any atom is 0.327 e. The van der Waals surface area contributed by atoms with Crippen molar-refractivity contribution in [2.75, 3.05) is 20.2 Å². The van der Waals surface area contributed by atoms with E-state index < -0.39 is 11.5 Å². The second-order valence-corrected chi connectivity index (χ2v) is 11.1. The summed E-state index contributed by atoms with van der Waals surface area (Å²) in [6.07, 6.45) is 4.28. The van der Waals surface area contributed by atoms with E-state index in [1.165, 1.54) is 46.6 Å². The minimum Gasteiger partial charge on any atom is -0.468 e. The number of ether oxygens (including phenoxy) is 1. The highest BCUT2D eigenvalue weighted by Crippen LogP contribution is 2.45. The van der Waals surface area contributed by atoms with Gasteiger partial charge in [-0.05, 0) is 34.8 Å². The predicted octanol–water partition coefficient (Wildman–Crippen LogP) is 5.18. The van der Waals surface area contributed by atoms with Crippen LogP contribution in [-0.4, -0.2) is 56.2 Å². The average Bonchev–Trinajstić information content (AvgIpc) is 3.42. The first kappa shape index (κ1) is 27.6. The molecule has 1 atom stereocenters. The maximum atomic E-state index is 12.2. The lowest BCUT2D eigenvalue weighted by atomic mass is 9.74. The molecule has 8 heteroatoms. The number of likely N-dealkylation sites (tertiary alicyclic amines) is 1. The molecule has 5 rings (SSSR count). The van der Waals surface area contributed by atoms with Crippen LogP contribution < -0.4 is 0 Å². The Balaban J connectivity index is 1.63. The summed E-state index contributed by atoms with van der Waals surface area (Å²) >= 11 is 1.35. The van der Waals surface area contributed by atoms with Crippen molar-refractivity contribution >= 4 is 28.9 Å². The summed E-state index contributed by atoms with van der Waals surface area (Å²) in [5.41, 5.74) is 4.01. The van der Waals surface area contributed by atoms with Crippen molar-refractivity contribution < 1.29 is 14.3 Å². The molecule has 204 valence electrons. The first-order chi connectivity index (χ1) is 19.5. The summed E-state index contributed by atoms with van der Waals surface area (Å²) in [7, 11) is 1.35. The molecule has 2 heterocycles. The third-order valence-corrected chi connectivity index (χ3v) is 8.35. The normalized spacial score (nSPS) is 17.1. The fraction of sp³-hybridized carbons (Fsp3) is 0.250. The van der Waals surface area contributed by atoms with Crippen LogP contribution in [-0.2, 0) is 26.4 Å². The molecule has 0 amide bonds. The second kappa shape index (κ2) is 12.4. The van der Waals surface area contributed by atoms with E-state index in [9.17, 15) is 9.59 Å². The Bertz CT molecular complexity index is 1380. The smallest absolute Gasteiger partial charge is 0.327 e. The number of aromatic nitrogens is 3. The summed E-state index contributed by atoms with van der Waals surface area (Å²) < 4.78 is 6.23. The van der Waals surface area contributed by atoms with E-state index >= 15 is 0 Å². The molecule has 40 heavy (non-hydrogen) atoms. The number of benzene rings is 3. The lowest BCUT2D eigenvalue weighted by Crippen LogP contribution is -2.52. The minimum absolute atomic E-state index is 0.00123. The van der Waals surface area contributed by atoms with Gasteiger partial charge in [-0.25, -0.2) is 9.67 Å². The van der Waals surface area contributed by atoms with E-state index in [1.807, 2.05) is 24.3 Å². The Morgan fingerprint density at radius 3 is 2.00 bits per heavy atom. The monoisotopic (exact) mass is 552 g/mol. The summed E-state index contributed by atoms with van der Waals surface area (Å²) in [6.45, 7) is 2.99. The number of rotatable bonds is 8. The van der Waals surface area contributed by atoms with Gasteiger partial charge in [0.25, 0.3) is 0 Å². The molecular weight excluding hydrogens is 520 g/mol. The van der Waals surface area contributed by atoms with Crippen LogP contribution in [0.3, 0.4) is 0 Å². The van der Waals surface area contributed by atoms with Crippen LogP contribution in [0, 0.1) is 0 Å². The van der Waals surface area contributed by atoms with Gasteiger partial charge in [-0.1, -0.05) is 103 Å². The largest absolute Gasteiger partial charge is 0.468 e. The zero-order valence-electron chi connectivity index (χ0n) is 22.6. The Morgan fingerprint density at radius 1 is 0.950 bits per heavy atom. The molecule has 0 bridgehead atoms. The third kappa shape index (κ3) is 5.78. The van der Waals surface area contributed by atoms with Crippen LogP contribution in [0.4, 0.5) is 0 Å². The first-order valence-corrected chi connectivity index (χ1v) is 14.1. The summed E-state index contributed by atoms with van der Waals surface area (Å²) in [5, 5.41) is 4.56. The van der Waals surface area contributed by atoms with Crippen LogP contribution in [0.1, 0.15) is 35.9 Å². The number of thioether (sulfide) groups is 1. The van der Waals surface area contributed by atoms with Crippen LogP contribution in [0.15, 0.2) is 103 Å². The number of hydrogen-bond donors (Lipinski definition) is 0. The number of methoxy groups -OCH3 is 1. The number of esters is 1. The molecule has 1 fully saturated rings. The lowest BCUT2D eigenvalue weighted by Gasteiger charge is -2.49. The molecule has 7 nitrogen and oxygen atoms in total. The van der Waals surface area contributed by atoms with Crippen molar-refractivity contribution in [3.8, 4) is 0 Å². The van der Waals surface area contributed by atoms with Gasteiger partial charge in [-0.2, -0.15) is 5.10 Å². The molecule has 1 aliphatic heterocycles. The predicted molar refractivity (Wildman–Crippen MR) is 157 cm³/mol. The van der Waals surface area contributed by atoms with E-state index in [1.54, 1.807) is 6.92 Å². The van der Waals surface area contributed by atoms with Gasteiger partial charge in [-0.3, -0.25) is 14.5 Å². The molecule has 1 unspecified atom stereocenters. The van der Waals surface area contributed by atoms with E-state index in [4.69, 9.17) is 4.74 Å². The van der Waals surface area contributed by atoms with Gasteiger partial charge in [0, 0.05) is 25.3 Å². The molecule has 1 aliphatic rings. The maximum absolute atomic E-state index is 12.2. The number of carbonyl (C=O) groups is 2. The highest BCUT2D eigenvalue weighted by molar-refractivity contribution is 8.14. The molecule has 3 aromatic carbocycles. The number of carbonyl (C=O) groups excluding carboxylic acids is 2. The van der Waals surface area contributed by atoms with Crippen molar-refractivity contribution in [3.05, 3.63) is 125 Å². The van der Waals surface area contributed by atoms with Gasteiger partial charge in [-0.15, -0.1) is 0 Å². The Labute approximate surface area is 238 Å². The molecule has 0 aliphatic carbocycles. The summed E-state index contributed by atoms with van der Waals surface area (Å²) in [6, 6.07) is 31.8. The van der Waals surface area contributed by atoms with Gasteiger partial charge in [0.15, 0.2) is 10.9 Å². The molecule has 1 saturated heterocycles. The van der Waals surface area contributed by atoms with Gasteiger partial charge in [0.05, 0.1) is 12.6 Å². The van der Waals surface area contributed by atoms with Gasteiger partial charge < -0.3 is 4.74 Å². The van der Waals surface area contributed by atoms with E-state index in [0.717, 1.165) is 18.5 Å². The molecular formula is C32H32N4O3S. The Kier molecular flexibility index (Phi) is 8.57. The van der Waals surface area contributed by atoms with Crippen LogP contribution in [0.25, 0.3) is 6.08 Å². The van der Waals surface area contributed by atoms with Crippen molar-refractivity contribution in [2.24, 2.45) is 0 Å². The fourth-order valence-corrected chi connectivity index (χ4v) is 6.44. The fourth-order valence-electron chi connectivity index (χ4n) is 5.52. The molecule has 1 aromatic heterocycles. The first-order valence-electron chi connectivity index (χ1n) is 13.3. The van der Waals surface area contributed by atoms with Crippen LogP contribution in [0.2, 0.25) is 0 Å². The Hall–Kier alpha value is -4.01. The van der Waals surface area contributed by atoms with Crippen molar-refractivity contribution in [2.45, 2.75) is 30.7 Å². The number of piperidine rings is 1. The zero-order valence-corrected chi connectivity index (χ0v) is 23.5. The summed E-state index contributed by atoms with van der Waals surface area (Å²) in [4.78, 5) is 30.9. The molecule has 0 spiro atoms. The SMILES string of the molecule is COC(=O)Cn1cnc(/C=C2/CN(C(c3ccccc3)(c3ccccc3)c3ccccc3)CCC2SC(C)=O)n1. The molecule has 0 N–H and O–H groups in total. The zero-order chi connectivity index (χ0) is 28.0. The summed E-state index contributed by atoms with van der Waals surface area (Å²) in [5.74, 6) is 0.107. The van der Waals surface area contributed by atoms with E-state index in [-0.39, 0.29) is 16.9 Å². The van der Waals surface area contributed by atoms with Gasteiger partial charge in [0.2, 0.25) is 0 Å². The molecule has 4 aromatic rings.